The number of aliphatic hydroxyl groups excluding tert-OH is 2. The molecule has 4 atom stereocenters. The molecule has 134 valence electrons. The second-order valence-electron chi connectivity index (χ2n) is 5.93. The summed E-state index contributed by atoms with van der Waals surface area (Å²) in [5.41, 5.74) is 2.96. The smallest absolute Gasteiger partial charge is 0.275 e. The predicted molar refractivity (Wildman–Crippen MR) is 84.3 cm³/mol. The summed E-state index contributed by atoms with van der Waals surface area (Å²) in [7, 11) is 0. The van der Waals surface area contributed by atoms with E-state index in [-0.39, 0.29) is 0 Å². The number of carbonyl (C=O) groups is 1. The van der Waals surface area contributed by atoms with Gasteiger partial charge in [-0.2, -0.15) is 0 Å². The third kappa shape index (κ3) is 3.85. The molecule has 0 bridgehead atoms. The van der Waals surface area contributed by atoms with E-state index >= 15 is 0 Å². The van der Waals surface area contributed by atoms with E-state index in [9.17, 15) is 15.0 Å². The SMILES string of the molecule is O=C(NO)[C@H]1O[C@H](c2cn(CCCc3ccccc3)nn2)[C@@H](O)[C@H]1O. The fourth-order valence-electron chi connectivity index (χ4n) is 2.85. The molecule has 1 saturated heterocycles. The zero-order chi connectivity index (χ0) is 17.8. The minimum Gasteiger partial charge on any atom is -0.387 e. The lowest BCUT2D eigenvalue weighted by atomic mass is 10.1. The van der Waals surface area contributed by atoms with Crippen LogP contribution in [0.1, 0.15) is 23.8 Å². The van der Waals surface area contributed by atoms with Gasteiger partial charge in [0.15, 0.2) is 6.10 Å². The summed E-state index contributed by atoms with van der Waals surface area (Å²) in [5.74, 6) is -0.927. The van der Waals surface area contributed by atoms with E-state index in [1.165, 1.54) is 11.0 Å². The van der Waals surface area contributed by atoms with Crippen LogP contribution in [0.5, 0.6) is 0 Å². The Kier molecular flexibility index (Phi) is 5.39. The molecule has 2 heterocycles. The molecule has 1 fully saturated rings. The van der Waals surface area contributed by atoms with Gasteiger partial charge in [-0.25, -0.2) is 5.48 Å². The Morgan fingerprint density at radius 1 is 1.24 bits per heavy atom. The van der Waals surface area contributed by atoms with Crippen LogP contribution < -0.4 is 5.48 Å². The van der Waals surface area contributed by atoms with Gasteiger partial charge in [0.2, 0.25) is 0 Å². The number of nitrogens with one attached hydrogen (secondary N) is 1. The number of benzene rings is 1. The molecule has 9 heteroatoms. The lowest BCUT2D eigenvalue weighted by Crippen LogP contribution is -2.41. The predicted octanol–water partition coefficient (Wildman–Crippen LogP) is -0.422. The molecule has 9 nitrogen and oxygen atoms in total. The Hall–Kier alpha value is -2.33. The van der Waals surface area contributed by atoms with Gasteiger partial charge in [0, 0.05) is 6.54 Å². The molecule has 2 aromatic rings. The molecule has 25 heavy (non-hydrogen) atoms. The molecule has 0 spiro atoms. The van der Waals surface area contributed by atoms with Crippen molar-refractivity contribution in [3.63, 3.8) is 0 Å². The second kappa shape index (κ2) is 7.70. The monoisotopic (exact) mass is 348 g/mol. The van der Waals surface area contributed by atoms with Gasteiger partial charge < -0.3 is 14.9 Å². The Morgan fingerprint density at radius 2 is 2.00 bits per heavy atom. The van der Waals surface area contributed by atoms with E-state index in [2.05, 4.69) is 22.4 Å². The van der Waals surface area contributed by atoms with Crippen LogP contribution in [0, 0.1) is 0 Å². The minimum absolute atomic E-state index is 0.319. The first kappa shape index (κ1) is 17.5. The van der Waals surface area contributed by atoms with Crippen molar-refractivity contribution in [1.29, 1.82) is 0 Å². The number of hydrogen-bond donors (Lipinski definition) is 4. The van der Waals surface area contributed by atoms with E-state index in [0.29, 0.717) is 12.2 Å². The van der Waals surface area contributed by atoms with Crippen molar-refractivity contribution in [3.8, 4) is 0 Å². The van der Waals surface area contributed by atoms with Crippen molar-refractivity contribution in [2.75, 3.05) is 0 Å². The van der Waals surface area contributed by atoms with Crippen LogP contribution in [0.25, 0.3) is 0 Å². The molecule has 0 radical (unpaired) electrons. The maximum Gasteiger partial charge on any atom is 0.275 e. The number of aliphatic hydroxyl groups is 2. The van der Waals surface area contributed by atoms with E-state index in [0.717, 1.165) is 12.8 Å². The number of carbonyl (C=O) groups excluding carboxylic acids is 1. The first-order chi connectivity index (χ1) is 12.1. The summed E-state index contributed by atoms with van der Waals surface area (Å²) in [5, 5.41) is 36.5. The largest absolute Gasteiger partial charge is 0.387 e. The molecule has 1 amide bonds. The van der Waals surface area contributed by atoms with Gasteiger partial charge in [0.25, 0.3) is 5.91 Å². The standard InChI is InChI=1S/C16H20N4O5/c21-12-13(22)15(16(23)18-24)25-14(12)11-9-20(19-17-11)8-4-7-10-5-2-1-3-6-10/h1-3,5-6,9,12-15,21-22,24H,4,7-8H2,(H,18,23)/t12-,13+,14+,15-/m0/s1. The summed E-state index contributed by atoms with van der Waals surface area (Å²) in [6.07, 6.45) is -1.77. The van der Waals surface area contributed by atoms with E-state index < -0.39 is 30.3 Å². The van der Waals surface area contributed by atoms with Crippen LogP contribution in [0.4, 0.5) is 0 Å². The van der Waals surface area contributed by atoms with Gasteiger partial charge in [-0.05, 0) is 18.4 Å². The van der Waals surface area contributed by atoms with Crippen molar-refractivity contribution >= 4 is 5.91 Å². The number of nitrogens with zero attached hydrogens (tertiary/aromatic N) is 3. The topological polar surface area (TPSA) is 130 Å². The molecule has 1 aromatic carbocycles. The Labute approximate surface area is 143 Å². The highest BCUT2D eigenvalue weighted by Crippen LogP contribution is 2.32. The van der Waals surface area contributed by atoms with Crippen molar-refractivity contribution in [2.24, 2.45) is 0 Å². The van der Waals surface area contributed by atoms with Crippen molar-refractivity contribution in [1.82, 2.24) is 20.5 Å². The number of amides is 1. The summed E-state index contributed by atoms with van der Waals surface area (Å²) < 4.78 is 6.95. The van der Waals surface area contributed by atoms with Gasteiger partial charge in [0.1, 0.15) is 24.0 Å². The second-order valence-corrected chi connectivity index (χ2v) is 5.93. The Balaban J connectivity index is 1.58. The quantitative estimate of drug-likeness (QED) is 0.412. The van der Waals surface area contributed by atoms with E-state index in [4.69, 9.17) is 9.94 Å². The highest BCUT2D eigenvalue weighted by molar-refractivity contribution is 5.80. The van der Waals surface area contributed by atoms with Crippen LogP contribution in [-0.2, 0) is 22.5 Å². The van der Waals surface area contributed by atoms with E-state index in [1.807, 2.05) is 18.2 Å². The van der Waals surface area contributed by atoms with Crippen LogP contribution in [0.15, 0.2) is 36.5 Å². The number of aryl methyl sites for hydroxylation is 2. The molecule has 0 saturated carbocycles. The lowest BCUT2D eigenvalue weighted by Gasteiger charge is -2.11. The molecule has 3 rings (SSSR count). The number of aromatic nitrogens is 3. The van der Waals surface area contributed by atoms with Crippen LogP contribution in [-0.4, -0.2) is 54.6 Å². The average molecular weight is 348 g/mol. The fraction of sp³-hybridized carbons (Fsp3) is 0.438. The van der Waals surface area contributed by atoms with Gasteiger partial charge in [-0.15, -0.1) is 5.10 Å². The zero-order valence-corrected chi connectivity index (χ0v) is 13.4. The molecule has 1 aliphatic rings. The summed E-state index contributed by atoms with van der Waals surface area (Å²) in [6, 6.07) is 10.1. The highest BCUT2D eigenvalue weighted by Gasteiger charge is 2.48. The van der Waals surface area contributed by atoms with Crippen LogP contribution >= 0.6 is 0 Å². The summed E-state index contributed by atoms with van der Waals surface area (Å²) >= 11 is 0. The minimum atomic E-state index is -1.46. The average Bonchev–Trinajstić information content (AvgIpc) is 3.21. The summed E-state index contributed by atoms with van der Waals surface area (Å²) in [6.45, 7) is 0.633. The molecular formula is C16H20N4O5. The van der Waals surface area contributed by atoms with Crippen LogP contribution in [0.3, 0.4) is 0 Å². The molecular weight excluding hydrogens is 328 g/mol. The van der Waals surface area contributed by atoms with Gasteiger partial charge in [0.05, 0.1) is 6.20 Å². The van der Waals surface area contributed by atoms with Crippen molar-refractivity contribution in [3.05, 3.63) is 47.8 Å². The summed E-state index contributed by atoms with van der Waals surface area (Å²) in [4.78, 5) is 11.4. The first-order valence-corrected chi connectivity index (χ1v) is 7.99. The third-order valence-corrected chi connectivity index (χ3v) is 4.18. The maximum absolute atomic E-state index is 11.4. The number of ether oxygens (including phenoxy) is 1. The van der Waals surface area contributed by atoms with Gasteiger partial charge in [-0.3, -0.25) is 14.7 Å². The maximum atomic E-state index is 11.4. The third-order valence-electron chi connectivity index (χ3n) is 4.18. The molecule has 1 aromatic heterocycles. The molecule has 4 N–H and O–H groups in total. The first-order valence-electron chi connectivity index (χ1n) is 7.99. The number of hydrogen-bond acceptors (Lipinski definition) is 7. The van der Waals surface area contributed by atoms with Crippen molar-refractivity contribution in [2.45, 2.75) is 43.8 Å². The zero-order valence-electron chi connectivity index (χ0n) is 13.4. The van der Waals surface area contributed by atoms with E-state index in [1.54, 1.807) is 10.9 Å². The molecule has 0 unspecified atom stereocenters. The highest BCUT2D eigenvalue weighted by atomic mass is 16.6. The van der Waals surface area contributed by atoms with Crippen molar-refractivity contribution < 1.29 is 25.0 Å². The van der Waals surface area contributed by atoms with Crippen LogP contribution in [0.2, 0.25) is 0 Å². The lowest BCUT2D eigenvalue weighted by molar-refractivity contribution is -0.144. The normalized spacial score (nSPS) is 25.9. The van der Waals surface area contributed by atoms with Gasteiger partial charge >= 0.3 is 0 Å². The molecule has 1 aliphatic heterocycles. The number of hydroxylamine groups is 1. The Morgan fingerprint density at radius 3 is 2.72 bits per heavy atom. The fourth-order valence-corrected chi connectivity index (χ4v) is 2.85. The number of rotatable bonds is 6. The molecule has 0 aliphatic carbocycles. The van der Waals surface area contributed by atoms with Gasteiger partial charge in [-0.1, -0.05) is 35.5 Å². The Bertz CT molecular complexity index is 708.